The van der Waals surface area contributed by atoms with Crippen molar-refractivity contribution >= 4 is 15.9 Å². The summed E-state index contributed by atoms with van der Waals surface area (Å²) >= 11 is 0. The van der Waals surface area contributed by atoms with Crippen molar-refractivity contribution in [1.29, 1.82) is 0 Å². The van der Waals surface area contributed by atoms with Crippen molar-refractivity contribution in [3.63, 3.8) is 0 Å². The normalized spacial score (nSPS) is 37.3. The molecule has 0 bridgehead atoms. The molecule has 0 aromatic carbocycles. The van der Waals surface area contributed by atoms with Gasteiger partial charge in [0.15, 0.2) is 0 Å². The van der Waals surface area contributed by atoms with E-state index >= 15 is 0 Å². The zero-order chi connectivity index (χ0) is 27.2. The molecule has 1 amide bonds. The number of hydrogen-bond donors (Lipinski definition) is 1. The highest BCUT2D eigenvalue weighted by Gasteiger charge is 2.59. The molecule has 6 unspecified atom stereocenters. The molecule has 1 aliphatic carbocycles. The Morgan fingerprint density at radius 3 is 2.05 bits per heavy atom. The van der Waals surface area contributed by atoms with Gasteiger partial charge in [-0.25, -0.2) is 23.2 Å². The summed E-state index contributed by atoms with van der Waals surface area (Å²) in [6.07, 6.45) is 3.86. The number of hydrazine groups is 1. The lowest BCUT2D eigenvalue weighted by molar-refractivity contribution is -0.173. The van der Waals surface area contributed by atoms with Gasteiger partial charge in [0.25, 0.3) is 0 Å². The number of rotatable bonds is 4. The monoisotopic (exact) mass is 562 g/mol. The van der Waals surface area contributed by atoms with Crippen LogP contribution in [0.4, 0.5) is 13.2 Å². The molecule has 5 rings (SSSR count). The van der Waals surface area contributed by atoms with Crippen molar-refractivity contribution in [1.82, 2.24) is 19.6 Å². The topological polar surface area (TPSA) is 73.0 Å². The number of fused-ring (bicyclic) bond motifs is 1. The summed E-state index contributed by atoms with van der Waals surface area (Å²) in [5.41, 5.74) is 2.69. The Balaban J connectivity index is 1.26. The minimum Gasteiger partial charge on any atom is -0.342 e. The van der Waals surface area contributed by atoms with Gasteiger partial charge in [-0.3, -0.25) is 4.79 Å². The van der Waals surface area contributed by atoms with E-state index in [9.17, 15) is 26.4 Å². The summed E-state index contributed by atoms with van der Waals surface area (Å²) in [7, 11) is -3.28. The van der Waals surface area contributed by atoms with Crippen LogP contribution in [0.3, 0.4) is 0 Å². The fraction of sp³-hybridized carbons (Fsp3) is 0.963. The molecule has 5 aliphatic rings. The summed E-state index contributed by atoms with van der Waals surface area (Å²) in [6, 6.07) is -2.34. The second-order valence-electron chi connectivity index (χ2n) is 13.0. The lowest BCUT2D eigenvalue weighted by Crippen LogP contribution is -2.53. The molecule has 1 N–H and O–H groups in total. The van der Waals surface area contributed by atoms with Crippen LogP contribution in [-0.4, -0.2) is 84.8 Å². The van der Waals surface area contributed by atoms with Gasteiger partial charge in [-0.2, -0.15) is 13.2 Å². The van der Waals surface area contributed by atoms with Crippen LogP contribution < -0.4 is 5.43 Å². The quantitative estimate of drug-likeness (QED) is 0.561. The lowest BCUT2D eigenvalue weighted by Gasteiger charge is -2.43. The summed E-state index contributed by atoms with van der Waals surface area (Å²) in [6.45, 7) is 6.66. The number of halogens is 3. The average molecular weight is 563 g/mol. The van der Waals surface area contributed by atoms with Gasteiger partial charge < -0.3 is 4.90 Å². The highest BCUT2D eigenvalue weighted by Crippen LogP contribution is 2.44. The minimum atomic E-state index is -4.50. The van der Waals surface area contributed by atoms with Crippen LogP contribution in [0.1, 0.15) is 78.1 Å². The molecule has 0 aromatic rings. The number of nitrogens with one attached hydrogen (secondary N) is 1. The van der Waals surface area contributed by atoms with Gasteiger partial charge in [-0.1, -0.05) is 33.1 Å². The molecule has 4 aliphatic heterocycles. The average Bonchev–Trinajstić information content (AvgIpc) is 3.28. The fourth-order valence-electron chi connectivity index (χ4n) is 8.25. The molecule has 0 spiro atoms. The third-order valence-corrected chi connectivity index (χ3v) is 12.5. The molecule has 5 fully saturated rings. The SMILES string of the molecule is CC1CC(C)CN(C(=O)C2C3CC(C4CCN(S(=O)(=O)C5CCCCC5)CC4)CCN3NC2C(F)(F)F)C1. The Bertz CT molecular complexity index is 940. The van der Waals surface area contributed by atoms with Gasteiger partial charge in [-0.05, 0) is 68.6 Å². The Hall–Kier alpha value is -0.910. The van der Waals surface area contributed by atoms with Crippen molar-refractivity contribution < 1.29 is 26.4 Å². The van der Waals surface area contributed by atoms with Crippen LogP contribution in [0.5, 0.6) is 0 Å². The first-order valence-corrected chi connectivity index (χ1v) is 16.3. The molecule has 0 radical (unpaired) electrons. The van der Waals surface area contributed by atoms with Crippen molar-refractivity contribution in [3.8, 4) is 0 Å². The lowest BCUT2D eigenvalue weighted by atomic mass is 9.74. The molecule has 4 heterocycles. The number of nitrogens with zero attached hydrogens (tertiary/aromatic N) is 3. The van der Waals surface area contributed by atoms with Crippen molar-refractivity contribution in [2.45, 2.75) is 102 Å². The Morgan fingerprint density at radius 2 is 1.45 bits per heavy atom. The van der Waals surface area contributed by atoms with E-state index in [0.29, 0.717) is 39.1 Å². The van der Waals surface area contributed by atoms with E-state index in [-0.39, 0.29) is 34.8 Å². The van der Waals surface area contributed by atoms with E-state index in [0.717, 1.165) is 57.8 Å². The van der Waals surface area contributed by atoms with Gasteiger partial charge >= 0.3 is 6.18 Å². The Labute approximate surface area is 225 Å². The largest absolute Gasteiger partial charge is 0.406 e. The zero-order valence-corrected chi connectivity index (χ0v) is 23.7. The molecule has 11 heteroatoms. The standard InChI is InChI=1S/C27H45F3N4O3S/c1-18-14-19(2)17-32(16-18)26(35)24-23-15-21(10-13-34(23)31-25(24)27(28,29)30)20-8-11-33(12-9-20)38(36,37)22-6-4-3-5-7-22/h18-25,31H,3-17H2,1-2H3. The maximum atomic E-state index is 14.2. The van der Waals surface area contributed by atoms with Gasteiger partial charge in [0.05, 0.1) is 11.2 Å². The summed E-state index contributed by atoms with van der Waals surface area (Å²) < 4.78 is 70.5. The van der Waals surface area contributed by atoms with Crippen LogP contribution in [0.2, 0.25) is 0 Å². The Morgan fingerprint density at radius 1 is 0.842 bits per heavy atom. The van der Waals surface area contributed by atoms with Crippen LogP contribution >= 0.6 is 0 Å². The fourth-order valence-corrected chi connectivity index (χ4v) is 10.3. The smallest absolute Gasteiger partial charge is 0.342 e. The highest BCUT2D eigenvalue weighted by molar-refractivity contribution is 7.89. The minimum absolute atomic E-state index is 0.207. The maximum Gasteiger partial charge on any atom is 0.406 e. The molecule has 6 atom stereocenters. The van der Waals surface area contributed by atoms with Crippen LogP contribution in [0, 0.1) is 29.6 Å². The molecule has 1 saturated carbocycles. The van der Waals surface area contributed by atoms with Gasteiger partial charge in [0, 0.05) is 38.8 Å². The number of carbonyl (C=O) groups is 1. The molecular weight excluding hydrogens is 517 g/mol. The number of hydrogen-bond acceptors (Lipinski definition) is 5. The summed E-state index contributed by atoms with van der Waals surface area (Å²) in [4.78, 5) is 15.4. The summed E-state index contributed by atoms with van der Waals surface area (Å²) in [5.74, 6) is -0.440. The highest BCUT2D eigenvalue weighted by atomic mass is 32.2. The molecule has 38 heavy (non-hydrogen) atoms. The van der Waals surface area contributed by atoms with E-state index in [2.05, 4.69) is 19.3 Å². The van der Waals surface area contributed by atoms with Crippen LogP contribution in [0.25, 0.3) is 0 Å². The van der Waals surface area contributed by atoms with E-state index in [1.807, 2.05) is 0 Å². The van der Waals surface area contributed by atoms with Crippen molar-refractivity contribution in [2.24, 2.45) is 29.6 Å². The second-order valence-corrected chi connectivity index (χ2v) is 15.2. The number of likely N-dealkylation sites (tertiary alicyclic amines) is 1. The predicted molar refractivity (Wildman–Crippen MR) is 139 cm³/mol. The van der Waals surface area contributed by atoms with Crippen LogP contribution in [0.15, 0.2) is 0 Å². The van der Waals surface area contributed by atoms with Gasteiger partial charge in [-0.15, -0.1) is 0 Å². The molecule has 7 nitrogen and oxygen atoms in total. The van der Waals surface area contributed by atoms with Gasteiger partial charge in [0.1, 0.15) is 6.04 Å². The molecule has 218 valence electrons. The number of piperidine rings is 3. The number of carbonyl (C=O) groups excluding carboxylic acids is 1. The first kappa shape index (κ1) is 28.6. The Kier molecular flexibility index (Phi) is 8.41. The first-order chi connectivity index (χ1) is 17.9. The van der Waals surface area contributed by atoms with E-state index in [1.54, 1.807) is 14.2 Å². The predicted octanol–water partition coefficient (Wildman–Crippen LogP) is 4.01. The van der Waals surface area contributed by atoms with Crippen molar-refractivity contribution in [2.75, 3.05) is 32.7 Å². The van der Waals surface area contributed by atoms with E-state index < -0.39 is 34.2 Å². The third-order valence-electron chi connectivity index (χ3n) is 10.1. The van der Waals surface area contributed by atoms with E-state index in [4.69, 9.17) is 0 Å². The van der Waals surface area contributed by atoms with Crippen molar-refractivity contribution in [3.05, 3.63) is 0 Å². The molecule has 4 saturated heterocycles. The summed E-state index contributed by atoms with van der Waals surface area (Å²) in [5, 5.41) is 1.43. The zero-order valence-electron chi connectivity index (χ0n) is 22.8. The first-order valence-electron chi connectivity index (χ1n) is 14.8. The van der Waals surface area contributed by atoms with Crippen LogP contribution in [-0.2, 0) is 14.8 Å². The second kappa shape index (κ2) is 11.2. The molecule has 0 aromatic heterocycles. The number of amides is 1. The number of alkyl halides is 3. The van der Waals surface area contributed by atoms with Gasteiger partial charge in [0.2, 0.25) is 15.9 Å². The maximum absolute atomic E-state index is 14.2. The van der Waals surface area contributed by atoms with E-state index in [1.165, 1.54) is 0 Å². The third kappa shape index (κ3) is 5.77. The number of sulfonamides is 1. The molecular formula is C27H45F3N4O3S.